The van der Waals surface area contributed by atoms with Gasteiger partial charge in [0.1, 0.15) is 5.75 Å². The average Bonchev–Trinajstić information content (AvgIpc) is 2.70. The highest BCUT2D eigenvalue weighted by Gasteiger charge is 2.38. The second kappa shape index (κ2) is 8.61. The molecule has 148 valence electrons. The Morgan fingerprint density at radius 1 is 1.25 bits per heavy atom. The summed E-state index contributed by atoms with van der Waals surface area (Å²) in [5.74, 6) is 0.420. The number of esters is 1. The first-order valence-electron chi connectivity index (χ1n) is 9.78. The maximum Gasteiger partial charge on any atom is 0.335 e. The van der Waals surface area contributed by atoms with Crippen LogP contribution in [0.2, 0.25) is 0 Å². The van der Waals surface area contributed by atoms with Gasteiger partial charge in [-0.25, -0.2) is 4.79 Å². The third-order valence-corrected chi connectivity index (χ3v) is 6.05. The van der Waals surface area contributed by atoms with E-state index in [1.54, 1.807) is 6.07 Å². The van der Waals surface area contributed by atoms with Gasteiger partial charge in [0.05, 0.1) is 12.7 Å². The number of likely N-dealkylation sites (tertiary alicyclic amines) is 1. The van der Waals surface area contributed by atoms with Crippen LogP contribution in [0.5, 0.6) is 5.75 Å². The van der Waals surface area contributed by atoms with Crippen molar-refractivity contribution in [2.75, 3.05) is 26.7 Å². The first-order valence-corrected chi connectivity index (χ1v) is 9.78. The van der Waals surface area contributed by atoms with Crippen molar-refractivity contribution in [3.05, 3.63) is 71.3 Å². The van der Waals surface area contributed by atoms with E-state index >= 15 is 0 Å². The number of rotatable bonds is 5. The van der Waals surface area contributed by atoms with E-state index in [0.29, 0.717) is 23.8 Å². The lowest BCUT2D eigenvalue weighted by molar-refractivity contribution is -0.136. The van der Waals surface area contributed by atoms with Crippen molar-refractivity contribution >= 4 is 12.0 Å². The van der Waals surface area contributed by atoms with Crippen molar-refractivity contribution in [1.29, 1.82) is 0 Å². The van der Waals surface area contributed by atoms with E-state index in [1.165, 1.54) is 12.7 Å². The number of aromatic hydroxyl groups is 1. The van der Waals surface area contributed by atoms with Gasteiger partial charge in [0.2, 0.25) is 0 Å². The van der Waals surface area contributed by atoms with E-state index in [9.17, 15) is 9.90 Å². The molecule has 1 heterocycles. The van der Waals surface area contributed by atoms with Gasteiger partial charge in [0.15, 0.2) is 0 Å². The highest BCUT2D eigenvalue weighted by Crippen LogP contribution is 2.40. The third kappa shape index (κ3) is 4.45. The minimum atomic E-state index is -0.280. The summed E-state index contributed by atoms with van der Waals surface area (Å²) in [5.41, 5.74) is 2.84. The van der Waals surface area contributed by atoms with Crippen LogP contribution in [0.25, 0.3) is 6.08 Å². The molecule has 2 aromatic rings. The van der Waals surface area contributed by atoms with Crippen molar-refractivity contribution in [1.82, 2.24) is 4.90 Å². The van der Waals surface area contributed by atoms with Crippen LogP contribution >= 0.6 is 0 Å². The summed E-state index contributed by atoms with van der Waals surface area (Å²) >= 11 is 0. The monoisotopic (exact) mass is 379 g/mol. The number of methoxy groups -OCH3 is 1. The fourth-order valence-corrected chi connectivity index (χ4v) is 4.04. The first-order chi connectivity index (χ1) is 13.4. The van der Waals surface area contributed by atoms with Gasteiger partial charge in [-0.1, -0.05) is 56.3 Å². The molecule has 0 unspecified atom stereocenters. The number of piperidine rings is 1. The van der Waals surface area contributed by atoms with Crippen LogP contribution in [0.3, 0.4) is 0 Å². The Morgan fingerprint density at radius 3 is 2.64 bits per heavy atom. The molecule has 0 saturated carbocycles. The average molecular weight is 380 g/mol. The van der Waals surface area contributed by atoms with Crippen molar-refractivity contribution in [2.45, 2.75) is 25.7 Å². The molecule has 2 atom stereocenters. The molecule has 1 N–H and O–H groups in total. The Bertz CT molecular complexity index is 846. The maximum atomic E-state index is 12.3. The summed E-state index contributed by atoms with van der Waals surface area (Å²) in [7, 11) is 1.43. The van der Waals surface area contributed by atoms with E-state index in [1.807, 2.05) is 48.5 Å². The van der Waals surface area contributed by atoms with Crippen LogP contribution in [0.1, 0.15) is 31.4 Å². The molecule has 3 rings (SSSR count). The molecule has 4 heteroatoms. The molecule has 0 spiro atoms. The summed E-state index contributed by atoms with van der Waals surface area (Å²) in [4.78, 5) is 14.6. The maximum absolute atomic E-state index is 12.3. The Kier molecular flexibility index (Phi) is 6.20. The minimum Gasteiger partial charge on any atom is -0.508 e. The summed E-state index contributed by atoms with van der Waals surface area (Å²) in [5, 5.41) is 9.87. The van der Waals surface area contributed by atoms with E-state index in [4.69, 9.17) is 4.74 Å². The highest BCUT2D eigenvalue weighted by atomic mass is 16.5. The molecule has 1 aliphatic rings. The molecule has 0 aromatic heterocycles. The number of hydrogen-bond acceptors (Lipinski definition) is 4. The van der Waals surface area contributed by atoms with Gasteiger partial charge in [-0.05, 0) is 53.6 Å². The second-order valence-corrected chi connectivity index (χ2v) is 7.93. The summed E-state index contributed by atoms with van der Waals surface area (Å²) in [6.45, 7) is 6.86. The normalized spacial score (nSPS) is 23.4. The zero-order valence-electron chi connectivity index (χ0n) is 16.9. The molecule has 1 saturated heterocycles. The van der Waals surface area contributed by atoms with Crippen molar-refractivity contribution in [3.63, 3.8) is 0 Å². The number of ether oxygens (including phenoxy) is 1. The van der Waals surface area contributed by atoms with E-state index in [0.717, 1.165) is 25.1 Å². The molecule has 28 heavy (non-hydrogen) atoms. The largest absolute Gasteiger partial charge is 0.508 e. The summed E-state index contributed by atoms with van der Waals surface area (Å²) in [6.07, 6.45) is 2.89. The third-order valence-electron chi connectivity index (χ3n) is 6.05. The topological polar surface area (TPSA) is 49.8 Å². The zero-order chi connectivity index (χ0) is 20.1. The molecule has 0 amide bonds. The molecular weight excluding hydrogens is 350 g/mol. The Hall–Kier alpha value is -2.59. The van der Waals surface area contributed by atoms with Gasteiger partial charge >= 0.3 is 5.97 Å². The lowest BCUT2D eigenvalue weighted by Crippen LogP contribution is -2.48. The number of phenols is 1. The number of carbonyl (C=O) groups is 1. The predicted octanol–water partition coefficient (Wildman–Crippen LogP) is 4.25. The summed E-state index contributed by atoms with van der Waals surface area (Å²) < 4.78 is 5.01. The zero-order valence-corrected chi connectivity index (χ0v) is 16.9. The van der Waals surface area contributed by atoms with E-state index in [-0.39, 0.29) is 11.4 Å². The fraction of sp³-hybridized carbons (Fsp3) is 0.375. The molecule has 0 aliphatic carbocycles. The van der Waals surface area contributed by atoms with Crippen molar-refractivity contribution in [2.24, 2.45) is 5.92 Å². The Morgan fingerprint density at radius 2 is 2.00 bits per heavy atom. The molecular formula is C24H29NO3. The fourth-order valence-electron chi connectivity index (χ4n) is 4.04. The number of hydrogen-bond donors (Lipinski definition) is 1. The lowest BCUT2D eigenvalue weighted by Gasteiger charge is -2.45. The first kappa shape index (κ1) is 20.2. The second-order valence-electron chi connectivity index (χ2n) is 7.93. The predicted molar refractivity (Wildman–Crippen MR) is 112 cm³/mol. The highest BCUT2D eigenvalue weighted by molar-refractivity contribution is 5.94. The number of carbonyl (C=O) groups excluding carboxylic acids is 1. The summed E-state index contributed by atoms with van der Waals surface area (Å²) in [6, 6.07) is 17.5. The molecule has 0 radical (unpaired) electrons. The van der Waals surface area contributed by atoms with Crippen LogP contribution < -0.4 is 0 Å². The number of nitrogens with zero attached hydrogens (tertiary/aromatic N) is 1. The smallest absolute Gasteiger partial charge is 0.335 e. The molecule has 0 bridgehead atoms. The van der Waals surface area contributed by atoms with Gasteiger partial charge in [-0.2, -0.15) is 0 Å². The molecule has 4 nitrogen and oxygen atoms in total. The molecule has 1 aliphatic heterocycles. The Balaban J connectivity index is 1.75. The van der Waals surface area contributed by atoms with Crippen molar-refractivity contribution in [3.8, 4) is 5.75 Å². The minimum absolute atomic E-state index is 0.00378. The van der Waals surface area contributed by atoms with E-state index in [2.05, 4.69) is 24.8 Å². The standard InChI is InChI=1S/C24H29NO3/c1-18-16-25(13-12-24(18,2)21-10-7-11-22(26)15-21)17-20(23(27)28-3)14-19-8-5-4-6-9-19/h4-11,14-15,18,26H,12-13,16-17H2,1-3H3/t18-,24+/m0/s1. The SMILES string of the molecule is COC(=O)C(=Cc1ccccc1)CN1CC[C@@](C)(c2cccc(O)c2)[C@@H](C)C1. The van der Waals surface area contributed by atoms with Crippen LogP contribution in [0.15, 0.2) is 60.2 Å². The Labute approximate surface area is 167 Å². The van der Waals surface area contributed by atoms with Gasteiger partial charge in [-0.15, -0.1) is 0 Å². The lowest BCUT2D eigenvalue weighted by atomic mass is 9.68. The van der Waals surface area contributed by atoms with Crippen LogP contribution in [0.4, 0.5) is 0 Å². The van der Waals surface area contributed by atoms with Gasteiger partial charge < -0.3 is 9.84 Å². The van der Waals surface area contributed by atoms with Crippen LogP contribution in [-0.4, -0.2) is 42.7 Å². The number of phenolic OH excluding ortho intramolecular Hbond substituents is 1. The number of benzene rings is 2. The van der Waals surface area contributed by atoms with Gasteiger partial charge in [0, 0.05) is 13.1 Å². The molecule has 1 fully saturated rings. The van der Waals surface area contributed by atoms with Crippen molar-refractivity contribution < 1.29 is 14.6 Å². The van der Waals surface area contributed by atoms with Crippen LogP contribution in [0, 0.1) is 5.92 Å². The van der Waals surface area contributed by atoms with Gasteiger partial charge in [-0.3, -0.25) is 4.90 Å². The van der Waals surface area contributed by atoms with E-state index < -0.39 is 0 Å². The molecule has 2 aromatic carbocycles. The quantitative estimate of drug-likeness (QED) is 0.623. The van der Waals surface area contributed by atoms with Gasteiger partial charge in [0.25, 0.3) is 0 Å². The van der Waals surface area contributed by atoms with Crippen LogP contribution in [-0.2, 0) is 14.9 Å².